The van der Waals surface area contributed by atoms with E-state index in [2.05, 4.69) is 0 Å². The number of rotatable bonds is 6. The smallest absolute Gasteiger partial charge is 0.0947 e. The second-order valence-corrected chi connectivity index (χ2v) is 4.90. The number of methoxy groups -OCH3 is 1. The maximum Gasteiger partial charge on any atom is 0.0947 e. The number of aliphatic hydroxyl groups is 1. The summed E-state index contributed by atoms with van der Waals surface area (Å²) in [5.41, 5.74) is 7.67. The lowest BCUT2D eigenvalue weighted by Crippen LogP contribution is -2.32. The minimum absolute atomic E-state index is 0.0408. The maximum absolute atomic E-state index is 9.68. The minimum Gasteiger partial charge on any atom is -0.389 e. The normalized spacial score (nSPS) is 14.3. The molecule has 4 nitrogen and oxygen atoms in total. The Morgan fingerprint density at radius 1 is 1.50 bits per heavy atom. The quantitative estimate of drug-likeness (QED) is 0.829. The van der Waals surface area contributed by atoms with Crippen molar-refractivity contribution in [2.75, 3.05) is 32.2 Å². The van der Waals surface area contributed by atoms with Crippen molar-refractivity contribution >= 4 is 17.3 Å². The molecule has 0 saturated heterocycles. The second-order valence-electron chi connectivity index (χ2n) is 4.49. The highest BCUT2D eigenvalue weighted by molar-refractivity contribution is 6.33. The van der Waals surface area contributed by atoms with Crippen molar-refractivity contribution in [2.45, 2.75) is 19.1 Å². The predicted molar refractivity (Wildman–Crippen MR) is 75.2 cm³/mol. The molecule has 0 aromatic heterocycles. The number of hydrogen-bond donors (Lipinski definition) is 2. The average Bonchev–Trinajstić information content (AvgIpc) is 2.28. The Labute approximate surface area is 113 Å². The van der Waals surface area contributed by atoms with Crippen LogP contribution in [0.3, 0.4) is 0 Å². The average molecular weight is 273 g/mol. The van der Waals surface area contributed by atoms with Crippen LogP contribution in [0.1, 0.15) is 18.5 Å². The molecule has 0 aliphatic carbocycles. The van der Waals surface area contributed by atoms with Crippen molar-refractivity contribution < 1.29 is 9.84 Å². The topological polar surface area (TPSA) is 58.7 Å². The number of aliphatic hydroxyl groups excluding tert-OH is 1. The monoisotopic (exact) mass is 272 g/mol. The Bertz CT molecular complexity index is 385. The van der Waals surface area contributed by atoms with E-state index in [1.807, 2.05) is 37.1 Å². The van der Waals surface area contributed by atoms with E-state index in [-0.39, 0.29) is 6.04 Å². The Morgan fingerprint density at radius 2 is 2.17 bits per heavy atom. The third-order valence-electron chi connectivity index (χ3n) is 2.75. The third kappa shape index (κ3) is 4.14. The summed E-state index contributed by atoms with van der Waals surface area (Å²) in [6, 6.07) is 5.69. The molecule has 18 heavy (non-hydrogen) atoms. The SMILES string of the molecule is COCC(O)CN(C)c1ccc([C@H](C)N)cc1Cl. The lowest BCUT2D eigenvalue weighted by Gasteiger charge is -2.24. The molecule has 0 radical (unpaired) electrons. The van der Waals surface area contributed by atoms with Gasteiger partial charge in [0.05, 0.1) is 23.4 Å². The number of benzene rings is 1. The molecule has 0 aliphatic rings. The standard InChI is InChI=1S/C13H21ClN2O2/c1-9(15)10-4-5-13(12(14)6-10)16(2)7-11(17)8-18-3/h4-6,9,11,17H,7-8,15H2,1-3H3/t9-,11?/m0/s1. The van der Waals surface area contributed by atoms with Crippen LogP contribution in [-0.2, 0) is 4.74 Å². The van der Waals surface area contributed by atoms with Crippen molar-refractivity contribution in [1.29, 1.82) is 0 Å². The Balaban J connectivity index is 2.77. The number of likely N-dealkylation sites (N-methyl/N-ethyl adjacent to an activating group) is 1. The molecule has 0 fully saturated rings. The second kappa shape index (κ2) is 6.95. The molecule has 1 rings (SSSR count). The van der Waals surface area contributed by atoms with E-state index in [1.54, 1.807) is 7.11 Å². The summed E-state index contributed by atoms with van der Waals surface area (Å²) >= 11 is 6.22. The molecule has 1 aromatic carbocycles. The van der Waals surface area contributed by atoms with Crippen molar-refractivity contribution in [3.8, 4) is 0 Å². The van der Waals surface area contributed by atoms with Gasteiger partial charge in [-0.25, -0.2) is 0 Å². The fourth-order valence-corrected chi connectivity index (χ4v) is 2.11. The first-order valence-electron chi connectivity index (χ1n) is 5.89. The van der Waals surface area contributed by atoms with Gasteiger partial charge in [0.15, 0.2) is 0 Å². The zero-order valence-corrected chi connectivity index (χ0v) is 11.8. The molecule has 0 heterocycles. The van der Waals surface area contributed by atoms with Crippen molar-refractivity contribution in [3.05, 3.63) is 28.8 Å². The highest BCUT2D eigenvalue weighted by Crippen LogP contribution is 2.27. The Hall–Kier alpha value is -0.810. The molecule has 5 heteroatoms. The van der Waals surface area contributed by atoms with Crippen LogP contribution >= 0.6 is 11.6 Å². The predicted octanol–water partition coefficient (Wildman–Crippen LogP) is 1.80. The van der Waals surface area contributed by atoms with Crippen LogP contribution in [0.4, 0.5) is 5.69 Å². The van der Waals surface area contributed by atoms with Crippen molar-refractivity contribution in [1.82, 2.24) is 0 Å². The van der Waals surface area contributed by atoms with E-state index in [0.717, 1.165) is 11.3 Å². The van der Waals surface area contributed by atoms with Gasteiger partial charge in [-0.3, -0.25) is 0 Å². The first kappa shape index (κ1) is 15.2. The molecule has 0 amide bonds. The highest BCUT2D eigenvalue weighted by atomic mass is 35.5. The molecule has 1 unspecified atom stereocenters. The number of ether oxygens (including phenoxy) is 1. The largest absolute Gasteiger partial charge is 0.389 e. The molecule has 0 saturated carbocycles. The Morgan fingerprint density at radius 3 is 2.67 bits per heavy atom. The zero-order valence-electron chi connectivity index (χ0n) is 11.1. The number of nitrogens with two attached hydrogens (primary N) is 1. The number of hydrogen-bond acceptors (Lipinski definition) is 4. The summed E-state index contributed by atoms with van der Waals surface area (Å²) < 4.78 is 4.90. The summed E-state index contributed by atoms with van der Waals surface area (Å²) in [4.78, 5) is 1.90. The van der Waals surface area contributed by atoms with Crippen LogP contribution in [0.15, 0.2) is 18.2 Å². The first-order valence-corrected chi connectivity index (χ1v) is 6.26. The van der Waals surface area contributed by atoms with Gasteiger partial charge in [0.2, 0.25) is 0 Å². The van der Waals surface area contributed by atoms with Crippen LogP contribution in [-0.4, -0.2) is 38.5 Å². The van der Waals surface area contributed by atoms with Gasteiger partial charge in [-0.1, -0.05) is 17.7 Å². The maximum atomic E-state index is 9.68. The number of nitrogens with zero attached hydrogens (tertiary/aromatic N) is 1. The molecule has 0 bridgehead atoms. The van der Waals surface area contributed by atoms with E-state index in [1.165, 1.54) is 0 Å². The fourth-order valence-electron chi connectivity index (χ4n) is 1.78. The van der Waals surface area contributed by atoms with E-state index in [0.29, 0.717) is 18.2 Å². The van der Waals surface area contributed by atoms with Gasteiger partial charge in [-0.2, -0.15) is 0 Å². The molecule has 2 atom stereocenters. The van der Waals surface area contributed by atoms with Crippen LogP contribution in [0.25, 0.3) is 0 Å². The molecular formula is C13H21ClN2O2. The summed E-state index contributed by atoms with van der Waals surface area (Å²) in [7, 11) is 3.44. The summed E-state index contributed by atoms with van der Waals surface area (Å²) in [5, 5.41) is 10.3. The van der Waals surface area contributed by atoms with E-state index < -0.39 is 6.10 Å². The van der Waals surface area contributed by atoms with Crippen LogP contribution in [0, 0.1) is 0 Å². The van der Waals surface area contributed by atoms with Crippen LogP contribution in [0.5, 0.6) is 0 Å². The minimum atomic E-state index is -0.538. The zero-order chi connectivity index (χ0) is 13.7. The lowest BCUT2D eigenvalue weighted by molar-refractivity contribution is 0.0695. The van der Waals surface area contributed by atoms with Crippen LogP contribution < -0.4 is 10.6 Å². The molecule has 3 N–H and O–H groups in total. The van der Waals surface area contributed by atoms with Gasteiger partial charge in [-0.15, -0.1) is 0 Å². The lowest BCUT2D eigenvalue weighted by atomic mass is 10.1. The van der Waals surface area contributed by atoms with E-state index >= 15 is 0 Å². The Kier molecular flexibility index (Phi) is 5.88. The summed E-state index contributed by atoms with van der Waals surface area (Å²) in [6.45, 7) is 2.68. The van der Waals surface area contributed by atoms with Crippen LogP contribution in [0.2, 0.25) is 5.02 Å². The fraction of sp³-hybridized carbons (Fsp3) is 0.538. The molecule has 1 aromatic rings. The van der Waals surface area contributed by atoms with E-state index in [4.69, 9.17) is 22.1 Å². The molecule has 0 spiro atoms. The number of anilines is 1. The number of halogens is 1. The molecule has 0 aliphatic heterocycles. The van der Waals surface area contributed by atoms with Gasteiger partial charge in [-0.05, 0) is 24.6 Å². The third-order valence-corrected chi connectivity index (χ3v) is 3.06. The van der Waals surface area contributed by atoms with Gasteiger partial charge >= 0.3 is 0 Å². The van der Waals surface area contributed by atoms with Gasteiger partial charge < -0.3 is 20.5 Å². The highest BCUT2D eigenvalue weighted by Gasteiger charge is 2.12. The molecule has 102 valence electrons. The summed E-state index contributed by atoms with van der Waals surface area (Å²) in [6.07, 6.45) is -0.538. The van der Waals surface area contributed by atoms with Gasteiger partial charge in [0, 0.05) is 26.7 Å². The van der Waals surface area contributed by atoms with Gasteiger partial charge in [0.1, 0.15) is 0 Å². The van der Waals surface area contributed by atoms with Gasteiger partial charge in [0.25, 0.3) is 0 Å². The van der Waals surface area contributed by atoms with Crippen molar-refractivity contribution in [2.24, 2.45) is 5.73 Å². The summed E-state index contributed by atoms with van der Waals surface area (Å²) in [5.74, 6) is 0. The first-order chi connectivity index (χ1) is 8.45. The van der Waals surface area contributed by atoms with E-state index in [9.17, 15) is 5.11 Å². The molecular weight excluding hydrogens is 252 g/mol. The van der Waals surface area contributed by atoms with Crippen molar-refractivity contribution in [3.63, 3.8) is 0 Å².